The Morgan fingerprint density at radius 2 is 1.65 bits per heavy atom. The molecule has 2 amide bonds. The summed E-state index contributed by atoms with van der Waals surface area (Å²) in [6.07, 6.45) is -0.976. The molecule has 0 radical (unpaired) electrons. The van der Waals surface area contributed by atoms with Gasteiger partial charge in [-0.3, -0.25) is 9.59 Å². The molecule has 0 saturated carbocycles. The SMILES string of the molecule is CC(OC(=O)c1ccccc1SCC(=O)N(C)C)C(=O)Nc1ccc(C(C)(C)C)cc1. The van der Waals surface area contributed by atoms with Crippen molar-refractivity contribution in [3.63, 3.8) is 0 Å². The van der Waals surface area contributed by atoms with E-state index in [-0.39, 0.29) is 17.1 Å². The minimum atomic E-state index is -0.976. The summed E-state index contributed by atoms with van der Waals surface area (Å²) < 4.78 is 5.38. The van der Waals surface area contributed by atoms with Crippen molar-refractivity contribution in [2.45, 2.75) is 44.1 Å². The van der Waals surface area contributed by atoms with Gasteiger partial charge in [-0.2, -0.15) is 0 Å². The largest absolute Gasteiger partial charge is 0.449 e. The quantitative estimate of drug-likeness (QED) is 0.510. The van der Waals surface area contributed by atoms with E-state index in [1.54, 1.807) is 38.4 Å². The van der Waals surface area contributed by atoms with Gasteiger partial charge in [-0.25, -0.2) is 4.79 Å². The van der Waals surface area contributed by atoms with E-state index in [4.69, 9.17) is 4.74 Å². The highest BCUT2D eigenvalue weighted by atomic mass is 32.2. The van der Waals surface area contributed by atoms with Gasteiger partial charge in [0.05, 0.1) is 11.3 Å². The summed E-state index contributed by atoms with van der Waals surface area (Å²) in [5, 5.41) is 2.77. The number of hydrogen-bond acceptors (Lipinski definition) is 5. The summed E-state index contributed by atoms with van der Waals surface area (Å²) >= 11 is 1.26. The first kappa shape index (κ1) is 24.5. The minimum absolute atomic E-state index is 0.0217. The summed E-state index contributed by atoms with van der Waals surface area (Å²) in [6, 6.07) is 14.5. The second kappa shape index (κ2) is 10.5. The number of esters is 1. The number of rotatable bonds is 7. The number of nitrogens with zero attached hydrogens (tertiary/aromatic N) is 1. The van der Waals surface area contributed by atoms with Gasteiger partial charge in [0.2, 0.25) is 5.91 Å². The van der Waals surface area contributed by atoms with Crippen LogP contribution in [0, 0.1) is 0 Å². The molecule has 2 rings (SSSR count). The molecular formula is C24H30N2O4S. The van der Waals surface area contributed by atoms with Crippen molar-refractivity contribution in [1.82, 2.24) is 4.90 Å². The second-order valence-corrected chi connectivity index (χ2v) is 9.45. The first-order valence-corrected chi connectivity index (χ1v) is 11.0. The summed E-state index contributed by atoms with van der Waals surface area (Å²) in [6.45, 7) is 7.89. The molecule has 0 heterocycles. The van der Waals surface area contributed by atoms with E-state index in [9.17, 15) is 14.4 Å². The van der Waals surface area contributed by atoms with Crippen LogP contribution in [0.25, 0.3) is 0 Å². The first-order valence-electron chi connectivity index (χ1n) is 10.0. The number of nitrogens with one attached hydrogen (secondary N) is 1. The van der Waals surface area contributed by atoms with Crippen LogP contribution in [0.4, 0.5) is 5.69 Å². The Bertz CT molecular complexity index is 933. The number of benzene rings is 2. The lowest BCUT2D eigenvalue weighted by molar-refractivity contribution is -0.126. The molecule has 1 unspecified atom stereocenters. The van der Waals surface area contributed by atoms with Crippen molar-refractivity contribution in [2.75, 3.05) is 25.2 Å². The average molecular weight is 443 g/mol. The molecule has 166 valence electrons. The average Bonchev–Trinajstić information content (AvgIpc) is 2.71. The van der Waals surface area contributed by atoms with Crippen LogP contribution in [0.2, 0.25) is 0 Å². The van der Waals surface area contributed by atoms with Gasteiger partial charge in [0, 0.05) is 24.7 Å². The molecule has 2 aromatic carbocycles. The Labute approximate surface area is 188 Å². The molecule has 7 heteroatoms. The van der Waals surface area contributed by atoms with Crippen molar-refractivity contribution in [1.29, 1.82) is 0 Å². The third-order valence-electron chi connectivity index (χ3n) is 4.63. The highest BCUT2D eigenvalue weighted by Crippen LogP contribution is 2.25. The summed E-state index contributed by atoms with van der Waals surface area (Å²) in [5.74, 6) is -0.868. The zero-order valence-electron chi connectivity index (χ0n) is 18.9. The lowest BCUT2D eigenvalue weighted by Gasteiger charge is -2.19. The summed E-state index contributed by atoms with van der Waals surface area (Å²) in [4.78, 5) is 39.1. The van der Waals surface area contributed by atoms with Gasteiger partial charge in [-0.15, -0.1) is 11.8 Å². The molecule has 0 spiro atoms. The molecule has 0 bridgehead atoms. The number of thioether (sulfide) groups is 1. The second-order valence-electron chi connectivity index (χ2n) is 8.44. The first-order chi connectivity index (χ1) is 14.5. The zero-order valence-corrected chi connectivity index (χ0v) is 19.7. The monoisotopic (exact) mass is 442 g/mol. The minimum Gasteiger partial charge on any atom is -0.449 e. The van der Waals surface area contributed by atoms with Crippen LogP contribution >= 0.6 is 11.8 Å². The number of carbonyl (C=O) groups is 3. The normalized spacial score (nSPS) is 12.1. The predicted molar refractivity (Wildman–Crippen MR) is 125 cm³/mol. The van der Waals surface area contributed by atoms with Crippen LogP contribution in [0.3, 0.4) is 0 Å². The molecule has 0 aliphatic heterocycles. The molecule has 1 N–H and O–H groups in total. The maximum absolute atomic E-state index is 12.7. The van der Waals surface area contributed by atoms with E-state index in [2.05, 4.69) is 26.1 Å². The number of hydrogen-bond donors (Lipinski definition) is 1. The van der Waals surface area contributed by atoms with Gasteiger partial charge in [-0.05, 0) is 42.2 Å². The molecule has 2 aromatic rings. The number of amides is 2. The van der Waals surface area contributed by atoms with E-state index < -0.39 is 18.0 Å². The van der Waals surface area contributed by atoms with Gasteiger partial charge in [0.25, 0.3) is 5.91 Å². The van der Waals surface area contributed by atoms with Gasteiger partial charge in [0.15, 0.2) is 6.10 Å². The lowest BCUT2D eigenvalue weighted by Crippen LogP contribution is -2.30. The number of ether oxygens (including phenoxy) is 1. The molecule has 6 nitrogen and oxygen atoms in total. The fraction of sp³-hybridized carbons (Fsp3) is 0.375. The highest BCUT2D eigenvalue weighted by molar-refractivity contribution is 8.00. The van der Waals surface area contributed by atoms with E-state index in [0.29, 0.717) is 16.1 Å². The van der Waals surface area contributed by atoms with Crippen LogP contribution in [-0.2, 0) is 19.7 Å². The molecule has 0 aromatic heterocycles. The van der Waals surface area contributed by atoms with E-state index in [1.165, 1.54) is 23.6 Å². The molecule has 0 saturated heterocycles. The summed E-state index contributed by atoms with van der Waals surface area (Å²) in [5.41, 5.74) is 2.15. The highest BCUT2D eigenvalue weighted by Gasteiger charge is 2.22. The van der Waals surface area contributed by atoms with Crippen molar-refractivity contribution >= 4 is 35.2 Å². The molecular weight excluding hydrogens is 412 g/mol. The van der Waals surface area contributed by atoms with Crippen LogP contribution in [0.5, 0.6) is 0 Å². The van der Waals surface area contributed by atoms with Crippen LogP contribution in [0.15, 0.2) is 53.4 Å². The van der Waals surface area contributed by atoms with Crippen LogP contribution < -0.4 is 5.32 Å². The third-order valence-corrected chi connectivity index (χ3v) is 5.69. The Morgan fingerprint density at radius 3 is 2.23 bits per heavy atom. The molecule has 0 fully saturated rings. The van der Waals surface area contributed by atoms with Crippen LogP contribution in [0.1, 0.15) is 43.6 Å². The number of anilines is 1. The van der Waals surface area contributed by atoms with Crippen molar-refractivity contribution < 1.29 is 19.1 Å². The summed E-state index contributed by atoms with van der Waals surface area (Å²) in [7, 11) is 3.36. The Kier molecular flexibility index (Phi) is 8.28. The van der Waals surface area contributed by atoms with Gasteiger partial charge in [0.1, 0.15) is 0 Å². The zero-order chi connectivity index (χ0) is 23.2. The van der Waals surface area contributed by atoms with E-state index in [1.807, 2.05) is 24.3 Å². The van der Waals surface area contributed by atoms with Crippen molar-refractivity contribution in [2.24, 2.45) is 0 Å². The van der Waals surface area contributed by atoms with Gasteiger partial charge >= 0.3 is 5.97 Å². The fourth-order valence-electron chi connectivity index (χ4n) is 2.60. The molecule has 1 atom stereocenters. The van der Waals surface area contributed by atoms with E-state index in [0.717, 1.165) is 5.56 Å². The third kappa shape index (κ3) is 7.14. The maximum Gasteiger partial charge on any atom is 0.340 e. The Morgan fingerprint density at radius 1 is 1.03 bits per heavy atom. The van der Waals surface area contributed by atoms with Crippen molar-refractivity contribution in [3.05, 3.63) is 59.7 Å². The molecule has 0 aliphatic rings. The smallest absolute Gasteiger partial charge is 0.340 e. The van der Waals surface area contributed by atoms with Gasteiger partial charge in [-0.1, -0.05) is 45.0 Å². The Hall–Kier alpha value is -2.80. The maximum atomic E-state index is 12.7. The van der Waals surface area contributed by atoms with Gasteiger partial charge < -0.3 is 15.0 Å². The van der Waals surface area contributed by atoms with Crippen molar-refractivity contribution in [3.8, 4) is 0 Å². The fourth-order valence-corrected chi connectivity index (χ4v) is 3.62. The predicted octanol–water partition coefficient (Wildman–Crippen LogP) is 4.35. The lowest BCUT2D eigenvalue weighted by atomic mass is 9.87. The van der Waals surface area contributed by atoms with E-state index >= 15 is 0 Å². The number of carbonyl (C=O) groups excluding carboxylic acids is 3. The molecule has 0 aliphatic carbocycles. The topological polar surface area (TPSA) is 75.7 Å². The standard InChI is InChI=1S/C24H30N2O4S/c1-16(22(28)25-18-13-11-17(12-14-18)24(2,3)4)30-23(29)19-9-7-8-10-20(19)31-15-21(27)26(5)6/h7-14,16H,15H2,1-6H3,(H,25,28). The molecule has 31 heavy (non-hydrogen) atoms. The van der Waals surface area contributed by atoms with Crippen LogP contribution in [-0.4, -0.2) is 48.6 Å². The Balaban J connectivity index is 2.00.